The van der Waals surface area contributed by atoms with Crippen molar-refractivity contribution in [2.24, 2.45) is 0 Å². The van der Waals surface area contributed by atoms with E-state index in [-0.39, 0.29) is 16.2 Å². The van der Waals surface area contributed by atoms with Gasteiger partial charge in [-0.2, -0.15) is 0 Å². The third kappa shape index (κ3) is 10.4. The maximum atomic E-state index is 2.56. The van der Waals surface area contributed by atoms with Crippen LogP contribution in [0.3, 0.4) is 0 Å². The highest BCUT2D eigenvalue weighted by Gasteiger charge is 2.40. The van der Waals surface area contributed by atoms with Crippen molar-refractivity contribution in [2.75, 3.05) is 9.80 Å². The monoisotopic (exact) mass is 1110 g/mol. The van der Waals surface area contributed by atoms with Gasteiger partial charge in [0.25, 0.3) is 0 Å². The summed E-state index contributed by atoms with van der Waals surface area (Å²) in [4.78, 5) is 4.77. The molecule has 1 aliphatic rings. The lowest BCUT2D eigenvalue weighted by Gasteiger charge is -2.34. The Kier molecular flexibility index (Phi) is 15.1. The Balaban J connectivity index is 0.792. The first-order valence-electron chi connectivity index (χ1n) is 30.8. The predicted octanol–water partition coefficient (Wildman–Crippen LogP) is 23.4. The topological polar surface area (TPSA) is 6.48 Å². The van der Waals surface area contributed by atoms with Crippen LogP contribution in [0.4, 0.5) is 34.1 Å². The molecular weight excluding hydrogens is 1040 g/mol. The zero-order valence-corrected chi connectivity index (χ0v) is 50.4. The summed E-state index contributed by atoms with van der Waals surface area (Å²) in [7, 11) is 0. The molecule has 0 heterocycles. The van der Waals surface area contributed by atoms with E-state index in [2.05, 4.69) is 355 Å². The molecule has 0 N–H and O–H groups in total. The van der Waals surface area contributed by atoms with E-state index in [0.29, 0.717) is 0 Å². The van der Waals surface area contributed by atoms with Gasteiger partial charge in [-0.15, -0.1) is 0 Å². The molecule has 12 aromatic rings. The minimum absolute atomic E-state index is 0.203. The first kappa shape index (κ1) is 55.4. The molecule has 0 saturated carbocycles. The Morgan fingerprint density at radius 2 is 0.523 bits per heavy atom. The zero-order valence-electron chi connectivity index (χ0n) is 50.4. The zero-order chi connectivity index (χ0) is 58.8. The van der Waals surface area contributed by atoms with Gasteiger partial charge in [-0.3, -0.25) is 0 Å². The van der Waals surface area contributed by atoms with Crippen molar-refractivity contribution in [1.29, 1.82) is 0 Å². The lowest BCUT2D eigenvalue weighted by molar-refractivity contribution is 0.510. The molecule has 0 fully saturated rings. The maximum Gasteiger partial charge on any atom is 0.0462 e. The van der Waals surface area contributed by atoms with E-state index in [1.165, 1.54) is 89.0 Å². The van der Waals surface area contributed by atoms with Crippen LogP contribution in [-0.2, 0) is 16.2 Å². The van der Waals surface area contributed by atoms with Crippen LogP contribution in [0.2, 0.25) is 0 Å². The number of nitrogens with zero attached hydrogens (tertiary/aromatic N) is 2. The number of anilines is 6. The molecule has 0 saturated heterocycles. The third-order valence-corrected chi connectivity index (χ3v) is 18.9. The molecule has 12 aromatic carbocycles. The van der Waals surface area contributed by atoms with E-state index in [1.807, 2.05) is 0 Å². The smallest absolute Gasteiger partial charge is 0.0462 e. The molecule has 2 heteroatoms. The summed E-state index contributed by atoms with van der Waals surface area (Å²) < 4.78 is 0. The quantitative estimate of drug-likeness (QED) is 0.0897. The summed E-state index contributed by atoms with van der Waals surface area (Å²) >= 11 is 0. The van der Waals surface area contributed by atoms with Gasteiger partial charge in [-0.25, -0.2) is 0 Å². The summed E-state index contributed by atoms with van der Waals surface area (Å²) in [6.45, 7) is 14.4. The first-order chi connectivity index (χ1) is 42.0. The molecule has 0 aliphatic heterocycles. The normalized spacial score (nSPS) is 13.7. The molecule has 0 aromatic heterocycles. The van der Waals surface area contributed by atoms with E-state index in [0.717, 1.165) is 53.4 Å². The number of rotatable bonds is 17. The standard InChI is InChI=1S/C84H74N2/c1-7-57-84(6,69-39-53-77(54-40-69)86(74-47-33-66(34-48-74)62-25-17-11-18-26-62)75-49-35-67(36-50-75)63-27-19-12-20-28-63)71-42-56-79-78-55-41-70(58-80(78)82(3,4)81(79)59-71)83(5,8-2)68-37-51-76(52-38-68)85(72-43-29-64(30-44-72)60-21-13-9-14-22-60)73-45-31-65(32-46-73)61-23-15-10-16-24-61/h9-56,58-59H,7-8,57H2,1-6H3. The van der Waals surface area contributed by atoms with E-state index in [9.17, 15) is 0 Å². The number of fused-ring (bicyclic) bond motifs is 3. The Hall–Kier alpha value is -9.76. The second-order valence-corrected chi connectivity index (χ2v) is 24.3. The fourth-order valence-electron chi connectivity index (χ4n) is 13.5. The van der Waals surface area contributed by atoms with Gasteiger partial charge in [-0.1, -0.05) is 278 Å². The van der Waals surface area contributed by atoms with Crippen molar-refractivity contribution >= 4 is 34.1 Å². The molecule has 2 nitrogen and oxygen atoms in total. The van der Waals surface area contributed by atoms with E-state index in [4.69, 9.17) is 0 Å². The Labute approximate surface area is 510 Å². The molecule has 13 rings (SSSR count). The summed E-state index contributed by atoms with van der Waals surface area (Å²) in [6.07, 6.45) is 3.05. The van der Waals surface area contributed by atoms with Crippen LogP contribution in [0.1, 0.15) is 94.2 Å². The van der Waals surface area contributed by atoms with Gasteiger partial charge >= 0.3 is 0 Å². The molecular formula is C84H74N2. The van der Waals surface area contributed by atoms with Gasteiger partial charge in [0.15, 0.2) is 0 Å². The van der Waals surface area contributed by atoms with Crippen molar-refractivity contribution in [1.82, 2.24) is 0 Å². The molecule has 86 heavy (non-hydrogen) atoms. The SMILES string of the molecule is CCCC(C)(c1ccc(N(c2ccc(-c3ccccc3)cc2)c2ccc(-c3ccccc3)cc2)cc1)c1ccc2c(c1)C(C)(C)c1cc(C(C)(CC)c3ccc(N(c4ccc(-c5ccccc5)cc4)c4ccc(-c5ccccc5)cc4)cc3)ccc1-2. The lowest BCUT2D eigenvalue weighted by atomic mass is 9.71. The second kappa shape index (κ2) is 23.4. The van der Waals surface area contributed by atoms with E-state index < -0.39 is 0 Å². The fourth-order valence-corrected chi connectivity index (χ4v) is 13.5. The van der Waals surface area contributed by atoms with Crippen molar-refractivity contribution in [3.63, 3.8) is 0 Å². The van der Waals surface area contributed by atoms with Crippen LogP contribution in [0.15, 0.2) is 303 Å². The summed E-state index contributed by atoms with van der Waals surface area (Å²) in [5.41, 5.74) is 26.6. The second-order valence-electron chi connectivity index (χ2n) is 24.3. The Morgan fingerprint density at radius 1 is 0.279 bits per heavy atom. The van der Waals surface area contributed by atoms with E-state index in [1.54, 1.807) is 0 Å². The van der Waals surface area contributed by atoms with Crippen molar-refractivity contribution in [2.45, 2.75) is 77.0 Å². The molecule has 420 valence electrons. The molecule has 0 bridgehead atoms. The van der Waals surface area contributed by atoms with Crippen molar-refractivity contribution in [3.8, 4) is 55.6 Å². The van der Waals surface area contributed by atoms with Crippen LogP contribution < -0.4 is 9.80 Å². The summed E-state index contributed by atoms with van der Waals surface area (Å²) in [5, 5.41) is 0. The number of hydrogen-bond acceptors (Lipinski definition) is 2. The minimum atomic E-state index is -0.220. The highest BCUT2D eigenvalue weighted by Crippen LogP contribution is 2.53. The van der Waals surface area contributed by atoms with Crippen LogP contribution in [0.5, 0.6) is 0 Å². The Morgan fingerprint density at radius 3 is 0.802 bits per heavy atom. The lowest BCUT2D eigenvalue weighted by Crippen LogP contribution is -2.25. The highest BCUT2D eigenvalue weighted by atomic mass is 15.1. The Bertz CT molecular complexity index is 4080. The fraction of sp³-hybridized carbons (Fsp3) is 0.143. The van der Waals surface area contributed by atoms with Crippen LogP contribution >= 0.6 is 0 Å². The molecule has 0 amide bonds. The van der Waals surface area contributed by atoms with Gasteiger partial charge in [0.1, 0.15) is 0 Å². The number of benzene rings is 12. The summed E-state index contributed by atoms with van der Waals surface area (Å²) in [5.74, 6) is 0. The first-order valence-corrected chi connectivity index (χ1v) is 30.8. The average molecular weight is 1110 g/mol. The van der Waals surface area contributed by atoms with Crippen LogP contribution in [0, 0.1) is 0 Å². The molecule has 0 radical (unpaired) electrons. The van der Waals surface area contributed by atoms with Gasteiger partial charge in [0.05, 0.1) is 0 Å². The third-order valence-electron chi connectivity index (χ3n) is 18.9. The van der Waals surface area contributed by atoms with Crippen LogP contribution in [-0.4, -0.2) is 0 Å². The summed E-state index contributed by atoms with van der Waals surface area (Å²) in [6, 6.07) is 112. The van der Waals surface area contributed by atoms with Gasteiger partial charge < -0.3 is 9.80 Å². The molecule has 0 spiro atoms. The molecule has 2 unspecified atom stereocenters. The number of hydrogen-bond donors (Lipinski definition) is 0. The highest BCUT2D eigenvalue weighted by molar-refractivity contribution is 5.84. The van der Waals surface area contributed by atoms with Crippen LogP contribution in [0.25, 0.3) is 55.6 Å². The molecule has 1 aliphatic carbocycles. The average Bonchev–Trinajstić information content (AvgIpc) is 1.96. The van der Waals surface area contributed by atoms with Crippen molar-refractivity contribution < 1.29 is 0 Å². The predicted molar refractivity (Wildman–Crippen MR) is 366 cm³/mol. The van der Waals surface area contributed by atoms with Gasteiger partial charge in [0, 0.05) is 50.4 Å². The van der Waals surface area contributed by atoms with E-state index >= 15 is 0 Å². The molecule has 2 atom stereocenters. The van der Waals surface area contributed by atoms with Gasteiger partial charge in [0.2, 0.25) is 0 Å². The maximum absolute atomic E-state index is 2.56. The van der Waals surface area contributed by atoms with Gasteiger partial charge in [-0.05, 0) is 175 Å². The van der Waals surface area contributed by atoms with Crippen molar-refractivity contribution in [3.05, 3.63) is 337 Å². The largest absolute Gasteiger partial charge is 0.311 e. The minimum Gasteiger partial charge on any atom is -0.311 e.